The number of benzene rings is 1. The number of aliphatic hydroxyl groups is 1. The van der Waals surface area contributed by atoms with Crippen molar-refractivity contribution in [3.05, 3.63) is 95.6 Å². The van der Waals surface area contributed by atoms with Crippen LogP contribution in [0.5, 0.6) is 11.6 Å². The molecule has 5 aromatic heterocycles. The van der Waals surface area contributed by atoms with Crippen LogP contribution in [0.2, 0.25) is 0 Å². The van der Waals surface area contributed by atoms with E-state index in [9.17, 15) is 19.8 Å². The fourth-order valence-corrected chi connectivity index (χ4v) is 14.3. The first-order valence-electron chi connectivity index (χ1n) is 29.2. The Morgan fingerprint density at radius 3 is 2.30 bits per heavy atom. The van der Waals surface area contributed by atoms with Gasteiger partial charge in [0.1, 0.15) is 23.8 Å². The van der Waals surface area contributed by atoms with E-state index >= 15 is 0 Å². The number of hydrogen-bond acceptors (Lipinski definition) is 19. The SMILES string of the molecule is Cc1ncsc1-c1ccc([C@H](C)NC(=O)[C@@H]2C[C@@H](O)CN2C(=O)[C@H](c2cc(N3CCN(CC4CCN(CC5CC(Oc6cc(N7C8CC[C@@H]7CN(c7cc(-c9ccccc9O)nnc7N)C8)ccn6)C5)CC4)CC3)no2)C(C)C)cn1. The van der Waals surface area contributed by atoms with Gasteiger partial charge in [-0.05, 0) is 119 Å². The van der Waals surface area contributed by atoms with Gasteiger partial charge in [-0.15, -0.1) is 21.5 Å². The number of nitrogens with two attached hydrogens (primary N) is 1. The van der Waals surface area contributed by atoms with Crippen molar-refractivity contribution in [3.63, 3.8) is 0 Å². The zero-order chi connectivity index (χ0) is 55.9. The average Bonchev–Trinajstić information content (AvgIpc) is 4.28. The number of amides is 2. The minimum absolute atomic E-state index is 0.0749. The number of aromatic hydroxyl groups is 1. The molecule has 20 nitrogen and oxygen atoms in total. The van der Waals surface area contributed by atoms with Gasteiger partial charge in [0.15, 0.2) is 17.4 Å². The number of nitrogens with one attached hydrogen (secondary N) is 1. The van der Waals surface area contributed by atoms with Crippen molar-refractivity contribution in [2.45, 2.75) is 115 Å². The summed E-state index contributed by atoms with van der Waals surface area (Å²) >= 11 is 1.54. The molecular weight excluding hydrogens is 1040 g/mol. The molecule has 10 heterocycles. The van der Waals surface area contributed by atoms with Crippen molar-refractivity contribution in [3.8, 4) is 33.5 Å². The van der Waals surface area contributed by atoms with Crippen molar-refractivity contribution < 1.29 is 29.1 Å². The number of para-hydroxylation sites is 1. The number of β-amino-alcohol motifs (C(OH)–C–C–N with tert-alkyl or cyclic N) is 1. The largest absolute Gasteiger partial charge is 0.507 e. The molecular formula is C60H76N14O6S. The lowest BCUT2D eigenvalue weighted by molar-refractivity contribution is -0.141. The molecule has 6 aromatic rings. The number of nitrogen functional groups attached to an aromatic ring is 1. The fourth-order valence-electron chi connectivity index (χ4n) is 13.5. The van der Waals surface area contributed by atoms with Crippen LogP contribution >= 0.6 is 11.3 Å². The summed E-state index contributed by atoms with van der Waals surface area (Å²) in [6, 6.07) is 18.6. The summed E-state index contributed by atoms with van der Waals surface area (Å²) in [5.74, 6) is 2.43. The Morgan fingerprint density at radius 2 is 1.58 bits per heavy atom. The zero-order valence-electron chi connectivity index (χ0n) is 46.9. The molecule has 0 spiro atoms. The van der Waals surface area contributed by atoms with Gasteiger partial charge in [0, 0.05) is 113 Å². The van der Waals surface area contributed by atoms with E-state index in [4.69, 9.17) is 15.0 Å². The molecule has 1 aliphatic carbocycles. The average molecular weight is 1120 g/mol. The minimum Gasteiger partial charge on any atom is -0.507 e. The molecule has 6 aliphatic rings. The molecule has 2 amide bonds. The minimum atomic E-state index is -0.818. The van der Waals surface area contributed by atoms with Crippen molar-refractivity contribution in [2.75, 3.05) is 92.4 Å². The number of hydrogen-bond donors (Lipinski definition) is 4. The molecule has 12 rings (SSSR count). The summed E-state index contributed by atoms with van der Waals surface area (Å²) in [5, 5.41) is 37.4. The Labute approximate surface area is 477 Å². The third kappa shape index (κ3) is 11.8. The van der Waals surface area contributed by atoms with E-state index in [-0.39, 0.29) is 48.6 Å². The maximum Gasteiger partial charge on any atom is 0.243 e. The standard InChI is InChI=1S/C60H76N14O6S/c1-36(2)56(60(78)73-34-45(75)26-51(73)59(77)65-37(3)41-9-12-48(63-29-41)57-38(4)64-35-81-57)53-28-54(68-80-53)71-21-19-70(20-22-71)30-39-14-17-69(18-15-39)31-40-23-46(24-40)79-55-25-42(13-16-62-55)74-43-10-11-44(74)33-72(32-43)50-27-49(66-67-58(50)61)47-7-5-6-8-52(47)76/h5-9,12-13,16,25,27-29,35-37,39-40,43-46,51,56,75-76H,10-11,14-15,17-24,26,30-34H2,1-4H3,(H2,61,67)(H,65,77)/t37-,40?,43+,44?,45+,46?,51-,56-/m0/s1. The Hall–Kier alpha value is -6.94. The van der Waals surface area contributed by atoms with Crippen LogP contribution in [0.4, 0.5) is 23.0 Å². The zero-order valence-corrected chi connectivity index (χ0v) is 47.7. The third-order valence-electron chi connectivity index (χ3n) is 18.0. The second kappa shape index (κ2) is 23.5. The number of phenols is 1. The molecule has 428 valence electrons. The highest BCUT2D eigenvalue weighted by Gasteiger charge is 2.45. The summed E-state index contributed by atoms with van der Waals surface area (Å²) in [5.41, 5.74) is 14.1. The third-order valence-corrected chi connectivity index (χ3v) is 18.9. The van der Waals surface area contributed by atoms with E-state index in [2.05, 4.69) is 72.3 Å². The Morgan fingerprint density at radius 1 is 0.827 bits per heavy atom. The summed E-state index contributed by atoms with van der Waals surface area (Å²) in [6.07, 6.45) is 9.88. The first-order chi connectivity index (χ1) is 39.3. The number of piperazine rings is 2. The van der Waals surface area contributed by atoms with Crippen molar-refractivity contribution >= 4 is 46.2 Å². The van der Waals surface area contributed by atoms with Gasteiger partial charge in [0.05, 0.1) is 45.3 Å². The quantitative estimate of drug-likeness (QED) is 0.0738. The van der Waals surface area contributed by atoms with Crippen molar-refractivity contribution in [2.24, 2.45) is 17.8 Å². The number of aryl methyl sites for hydroxylation is 1. The number of ether oxygens (including phenoxy) is 1. The normalized spacial score (nSPS) is 24.4. The maximum atomic E-state index is 14.4. The molecule has 6 fully saturated rings. The molecule has 1 unspecified atom stereocenters. The number of pyridine rings is 2. The van der Waals surface area contributed by atoms with Gasteiger partial charge in [0.2, 0.25) is 17.7 Å². The van der Waals surface area contributed by atoms with Crippen LogP contribution in [-0.2, 0) is 9.59 Å². The van der Waals surface area contributed by atoms with Crippen LogP contribution in [0.1, 0.15) is 94.7 Å². The Balaban J connectivity index is 0.564. The fraction of sp³-hybridized carbons (Fsp3) is 0.533. The number of phenolic OH excluding ortho intramolecular Hbond substituents is 1. The van der Waals surface area contributed by atoms with E-state index in [1.165, 1.54) is 29.1 Å². The van der Waals surface area contributed by atoms with Gasteiger partial charge in [-0.25, -0.2) is 9.97 Å². The smallest absolute Gasteiger partial charge is 0.243 e. The van der Waals surface area contributed by atoms with Crippen LogP contribution in [0, 0.1) is 24.7 Å². The highest BCUT2D eigenvalue weighted by atomic mass is 32.1. The first-order valence-corrected chi connectivity index (χ1v) is 30.1. The molecule has 21 heteroatoms. The van der Waals surface area contributed by atoms with Crippen LogP contribution in [0.15, 0.2) is 83.1 Å². The number of carbonyl (C=O) groups is 2. The number of nitrogens with zero attached hydrogens (tertiary/aromatic N) is 12. The summed E-state index contributed by atoms with van der Waals surface area (Å²) in [4.78, 5) is 56.7. The first kappa shape index (κ1) is 54.6. The van der Waals surface area contributed by atoms with Crippen molar-refractivity contribution in [1.29, 1.82) is 0 Å². The summed E-state index contributed by atoms with van der Waals surface area (Å²) < 4.78 is 12.5. The molecule has 5 saturated heterocycles. The molecule has 5 N–H and O–H groups in total. The number of anilines is 4. The van der Waals surface area contributed by atoms with Crippen LogP contribution in [0.3, 0.4) is 0 Å². The lowest BCUT2D eigenvalue weighted by atomic mass is 9.81. The predicted molar refractivity (Wildman–Crippen MR) is 311 cm³/mol. The molecule has 81 heavy (non-hydrogen) atoms. The predicted octanol–water partition coefficient (Wildman–Crippen LogP) is 6.77. The van der Waals surface area contributed by atoms with Crippen LogP contribution < -0.4 is 30.5 Å². The van der Waals surface area contributed by atoms with Gasteiger partial charge < -0.3 is 55.0 Å². The van der Waals surface area contributed by atoms with Gasteiger partial charge in [-0.1, -0.05) is 37.2 Å². The Kier molecular flexibility index (Phi) is 15.9. The van der Waals surface area contributed by atoms with E-state index in [1.807, 2.05) is 70.3 Å². The second-order valence-electron chi connectivity index (χ2n) is 23.9. The van der Waals surface area contributed by atoms with Gasteiger partial charge in [-0.2, -0.15) is 0 Å². The second-order valence-corrected chi connectivity index (χ2v) is 24.7. The monoisotopic (exact) mass is 1120 g/mol. The van der Waals surface area contributed by atoms with E-state index in [1.54, 1.807) is 23.8 Å². The highest BCUT2D eigenvalue weighted by molar-refractivity contribution is 7.13. The van der Waals surface area contributed by atoms with Crippen molar-refractivity contribution in [1.82, 2.24) is 50.3 Å². The number of carbonyl (C=O) groups excluding carboxylic acids is 2. The Bertz CT molecular complexity index is 3140. The number of aliphatic hydroxyl groups excluding tert-OH is 1. The number of piperidine rings is 1. The molecule has 1 aromatic carbocycles. The maximum absolute atomic E-state index is 14.4. The molecule has 0 radical (unpaired) electrons. The number of aromatic nitrogens is 6. The summed E-state index contributed by atoms with van der Waals surface area (Å²) in [6.45, 7) is 17.5. The number of rotatable bonds is 17. The van der Waals surface area contributed by atoms with Crippen LogP contribution in [0.25, 0.3) is 21.8 Å². The van der Waals surface area contributed by atoms with Gasteiger partial charge in [0.25, 0.3) is 0 Å². The van der Waals surface area contributed by atoms with E-state index < -0.39 is 18.1 Å². The lowest BCUT2D eigenvalue weighted by Crippen LogP contribution is -2.54. The number of likely N-dealkylation sites (tertiary alicyclic amines) is 2. The molecule has 2 bridgehead atoms. The molecule has 1 saturated carbocycles. The number of thiazole rings is 1. The van der Waals surface area contributed by atoms with Gasteiger partial charge in [-0.3, -0.25) is 19.5 Å². The van der Waals surface area contributed by atoms with Crippen LogP contribution in [-0.4, -0.2) is 169 Å². The van der Waals surface area contributed by atoms with E-state index in [0.29, 0.717) is 52.6 Å². The topological polar surface area (TPSA) is 232 Å². The number of fused-ring (bicyclic) bond motifs is 2. The summed E-state index contributed by atoms with van der Waals surface area (Å²) in [7, 11) is 0. The lowest BCUT2D eigenvalue weighted by Gasteiger charge is -2.43. The van der Waals surface area contributed by atoms with E-state index in [0.717, 1.165) is 130 Å². The molecule has 6 atom stereocenters. The highest BCUT2D eigenvalue weighted by Crippen LogP contribution is 2.41. The van der Waals surface area contributed by atoms with Gasteiger partial charge >= 0.3 is 0 Å². The molecule has 5 aliphatic heterocycles.